The summed E-state index contributed by atoms with van der Waals surface area (Å²) in [5.41, 5.74) is 0. The van der Waals surface area contributed by atoms with Crippen molar-refractivity contribution in [1.29, 1.82) is 0 Å². The minimum atomic E-state index is 0.671. The molecule has 1 N–H and O–H groups in total. The van der Waals surface area contributed by atoms with Crippen LogP contribution in [-0.2, 0) is 0 Å². The van der Waals surface area contributed by atoms with E-state index in [2.05, 4.69) is 38.0 Å². The van der Waals surface area contributed by atoms with Gasteiger partial charge in [-0.15, -0.1) is 0 Å². The molecule has 0 bridgehead atoms. The topological polar surface area (TPSA) is 15.3 Å². The summed E-state index contributed by atoms with van der Waals surface area (Å²) < 4.78 is 0. The number of rotatable bonds is 6. The van der Waals surface area contributed by atoms with Gasteiger partial charge in [-0.2, -0.15) is 0 Å². The van der Waals surface area contributed by atoms with E-state index in [1.165, 1.54) is 13.0 Å². The van der Waals surface area contributed by atoms with Gasteiger partial charge in [0.25, 0.3) is 0 Å². The molecule has 0 saturated heterocycles. The minimum Gasteiger partial charge on any atom is -0.313 e. The third-order valence-electron chi connectivity index (χ3n) is 2.06. The zero-order chi connectivity index (χ0) is 8.69. The Morgan fingerprint density at radius 1 is 1.27 bits per heavy atom. The monoisotopic (exact) mass is 158 g/mol. The Morgan fingerprint density at radius 3 is 2.27 bits per heavy atom. The molecule has 0 aromatic carbocycles. The lowest BCUT2D eigenvalue weighted by molar-refractivity contribution is 0.299. The largest absolute Gasteiger partial charge is 0.313 e. The van der Waals surface area contributed by atoms with Crippen LogP contribution in [0.2, 0.25) is 0 Å². The maximum atomic E-state index is 3.46. The van der Waals surface area contributed by atoms with Crippen molar-refractivity contribution >= 4 is 0 Å². The van der Waals surface area contributed by atoms with Crippen molar-refractivity contribution in [3.05, 3.63) is 0 Å². The summed E-state index contributed by atoms with van der Waals surface area (Å²) in [4.78, 5) is 2.34. The number of hydrogen-bond donors (Lipinski definition) is 1. The first-order chi connectivity index (χ1) is 5.24. The summed E-state index contributed by atoms with van der Waals surface area (Å²) in [6.45, 7) is 9.98. The highest BCUT2D eigenvalue weighted by Crippen LogP contribution is 1.93. The smallest absolute Gasteiger partial charge is 0.0192 e. The summed E-state index contributed by atoms with van der Waals surface area (Å²) in [5, 5.41) is 3.46. The summed E-state index contributed by atoms with van der Waals surface area (Å²) >= 11 is 0. The van der Waals surface area contributed by atoms with Crippen LogP contribution in [-0.4, -0.2) is 37.6 Å². The SMILES string of the molecule is CCNC(CC)CN(C)CC. The molecule has 0 aromatic rings. The van der Waals surface area contributed by atoms with E-state index in [9.17, 15) is 0 Å². The fourth-order valence-corrected chi connectivity index (χ4v) is 1.13. The molecule has 0 radical (unpaired) electrons. The zero-order valence-corrected chi connectivity index (χ0v) is 8.35. The number of hydrogen-bond acceptors (Lipinski definition) is 2. The fourth-order valence-electron chi connectivity index (χ4n) is 1.13. The molecule has 1 unspecified atom stereocenters. The van der Waals surface area contributed by atoms with Gasteiger partial charge >= 0.3 is 0 Å². The van der Waals surface area contributed by atoms with Gasteiger partial charge < -0.3 is 10.2 Å². The van der Waals surface area contributed by atoms with Crippen LogP contribution in [0.5, 0.6) is 0 Å². The molecular weight excluding hydrogens is 136 g/mol. The quantitative estimate of drug-likeness (QED) is 0.627. The third kappa shape index (κ3) is 5.22. The second-order valence-electron chi connectivity index (χ2n) is 3.02. The maximum Gasteiger partial charge on any atom is 0.0192 e. The van der Waals surface area contributed by atoms with Crippen molar-refractivity contribution in [3.8, 4) is 0 Å². The minimum absolute atomic E-state index is 0.671. The number of nitrogens with one attached hydrogen (secondary N) is 1. The van der Waals surface area contributed by atoms with Crippen LogP contribution in [0.4, 0.5) is 0 Å². The predicted molar refractivity (Wildman–Crippen MR) is 50.9 cm³/mol. The molecule has 11 heavy (non-hydrogen) atoms. The first kappa shape index (κ1) is 10.9. The Labute approximate surface area is 71.0 Å². The van der Waals surface area contributed by atoms with E-state index < -0.39 is 0 Å². The average Bonchev–Trinajstić information content (AvgIpc) is 2.03. The van der Waals surface area contributed by atoms with Gasteiger partial charge in [-0.1, -0.05) is 20.8 Å². The van der Waals surface area contributed by atoms with Crippen molar-refractivity contribution in [2.45, 2.75) is 33.2 Å². The molecule has 0 aliphatic rings. The molecule has 0 amide bonds. The molecule has 2 heteroatoms. The van der Waals surface area contributed by atoms with E-state index in [0.717, 1.165) is 13.1 Å². The molecule has 0 rings (SSSR count). The standard InChI is InChI=1S/C9H22N2/c1-5-9(10-6-2)8-11(4)7-3/h9-10H,5-8H2,1-4H3. The van der Waals surface area contributed by atoms with E-state index in [0.29, 0.717) is 6.04 Å². The number of nitrogens with zero attached hydrogens (tertiary/aromatic N) is 1. The van der Waals surface area contributed by atoms with Crippen molar-refractivity contribution in [1.82, 2.24) is 10.2 Å². The van der Waals surface area contributed by atoms with Gasteiger partial charge in [-0.3, -0.25) is 0 Å². The molecule has 0 heterocycles. The van der Waals surface area contributed by atoms with Crippen LogP contribution in [0, 0.1) is 0 Å². The fraction of sp³-hybridized carbons (Fsp3) is 1.00. The normalized spacial score (nSPS) is 13.9. The van der Waals surface area contributed by atoms with Crippen molar-refractivity contribution in [3.63, 3.8) is 0 Å². The Kier molecular flexibility index (Phi) is 6.57. The molecule has 0 aliphatic heterocycles. The van der Waals surface area contributed by atoms with Crippen LogP contribution in [0.25, 0.3) is 0 Å². The van der Waals surface area contributed by atoms with Crippen LogP contribution < -0.4 is 5.32 Å². The first-order valence-electron chi connectivity index (χ1n) is 4.66. The van der Waals surface area contributed by atoms with Crippen molar-refractivity contribution in [2.75, 3.05) is 26.7 Å². The predicted octanol–water partition coefficient (Wildman–Crippen LogP) is 1.33. The lowest BCUT2D eigenvalue weighted by atomic mass is 10.2. The molecule has 0 aromatic heterocycles. The van der Waals surface area contributed by atoms with E-state index >= 15 is 0 Å². The summed E-state index contributed by atoms with van der Waals surface area (Å²) in [7, 11) is 2.17. The molecule has 1 atom stereocenters. The van der Waals surface area contributed by atoms with Gasteiger partial charge in [0.15, 0.2) is 0 Å². The van der Waals surface area contributed by atoms with Crippen LogP contribution >= 0.6 is 0 Å². The zero-order valence-electron chi connectivity index (χ0n) is 8.35. The molecule has 0 spiro atoms. The summed E-state index contributed by atoms with van der Waals surface area (Å²) in [6, 6.07) is 0.671. The highest BCUT2D eigenvalue weighted by molar-refractivity contribution is 4.66. The van der Waals surface area contributed by atoms with E-state index in [1.54, 1.807) is 0 Å². The maximum absolute atomic E-state index is 3.46. The first-order valence-corrected chi connectivity index (χ1v) is 4.66. The van der Waals surface area contributed by atoms with Crippen molar-refractivity contribution in [2.24, 2.45) is 0 Å². The lowest BCUT2D eigenvalue weighted by Gasteiger charge is -2.22. The second-order valence-corrected chi connectivity index (χ2v) is 3.02. The van der Waals surface area contributed by atoms with Crippen LogP contribution in [0.3, 0.4) is 0 Å². The summed E-state index contributed by atoms with van der Waals surface area (Å²) in [5.74, 6) is 0. The molecule has 0 aliphatic carbocycles. The van der Waals surface area contributed by atoms with Gasteiger partial charge in [-0.05, 0) is 26.6 Å². The highest BCUT2D eigenvalue weighted by atomic mass is 15.1. The van der Waals surface area contributed by atoms with Crippen molar-refractivity contribution < 1.29 is 0 Å². The Morgan fingerprint density at radius 2 is 1.91 bits per heavy atom. The van der Waals surface area contributed by atoms with Crippen LogP contribution in [0.15, 0.2) is 0 Å². The lowest BCUT2D eigenvalue weighted by Crippen LogP contribution is -2.38. The molecule has 0 fully saturated rings. The highest BCUT2D eigenvalue weighted by Gasteiger charge is 2.05. The Balaban J connectivity index is 3.49. The molecule has 0 saturated carbocycles. The summed E-state index contributed by atoms with van der Waals surface area (Å²) in [6.07, 6.45) is 1.22. The third-order valence-corrected chi connectivity index (χ3v) is 2.06. The van der Waals surface area contributed by atoms with E-state index in [-0.39, 0.29) is 0 Å². The second kappa shape index (κ2) is 6.62. The Bertz CT molecular complexity index is 83.6. The van der Waals surface area contributed by atoms with E-state index in [1.807, 2.05) is 0 Å². The molecular formula is C9H22N2. The molecule has 68 valence electrons. The molecule has 2 nitrogen and oxygen atoms in total. The Hall–Kier alpha value is -0.0800. The van der Waals surface area contributed by atoms with Gasteiger partial charge in [0.1, 0.15) is 0 Å². The van der Waals surface area contributed by atoms with Gasteiger partial charge in [-0.25, -0.2) is 0 Å². The number of likely N-dealkylation sites (N-methyl/N-ethyl adjacent to an activating group) is 2. The van der Waals surface area contributed by atoms with Gasteiger partial charge in [0.05, 0.1) is 0 Å². The van der Waals surface area contributed by atoms with Gasteiger partial charge in [0, 0.05) is 12.6 Å². The van der Waals surface area contributed by atoms with E-state index in [4.69, 9.17) is 0 Å². The van der Waals surface area contributed by atoms with Gasteiger partial charge in [0.2, 0.25) is 0 Å². The van der Waals surface area contributed by atoms with Crippen LogP contribution in [0.1, 0.15) is 27.2 Å². The average molecular weight is 158 g/mol.